The van der Waals surface area contributed by atoms with Crippen molar-refractivity contribution in [2.45, 2.75) is 105 Å². The van der Waals surface area contributed by atoms with Gasteiger partial charge in [-0.25, -0.2) is 0 Å². The van der Waals surface area contributed by atoms with Gasteiger partial charge in [-0.2, -0.15) is 0 Å². The first-order valence-electron chi connectivity index (χ1n) is 10.8. The fourth-order valence-electron chi connectivity index (χ4n) is 4.20. The number of Topliss-reactive ketones (excluding diaryl/α,β-unsaturated/α-hetero) is 1. The van der Waals surface area contributed by atoms with E-state index in [1.807, 2.05) is 0 Å². The molecule has 28 heavy (non-hydrogen) atoms. The minimum Gasteiger partial charge on any atom is -0.465 e. The first kappa shape index (κ1) is 22.5. The van der Waals surface area contributed by atoms with Crippen molar-refractivity contribution in [3.8, 4) is 0 Å². The molecule has 0 aromatic carbocycles. The molecule has 0 aliphatic rings. The molecule has 3 heteroatoms. The van der Waals surface area contributed by atoms with Gasteiger partial charge in [-0.15, -0.1) is 0 Å². The zero-order valence-electron chi connectivity index (χ0n) is 19.1. The van der Waals surface area contributed by atoms with Gasteiger partial charge in [0.25, 0.3) is 0 Å². The maximum atomic E-state index is 13.1. The summed E-state index contributed by atoms with van der Waals surface area (Å²) < 4.78 is 12.2. The molecule has 0 amide bonds. The van der Waals surface area contributed by atoms with Crippen LogP contribution in [0.1, 0.15) is 102 Å². The molecule has 3 nitrogen and oxygen atoms in total. The number of ketones is 1. The Kier molecular flexibility index (Phi) is 7.01. The minimum atomic E-state index is -0.308. The van der Waals surface area contributed by atoms with E-state index in [0.29, 0.717) is 12.8 Å². The first-order chi connectivity index (χ1) is 13.1. The molecule has 0 bridgehead atoms. The predicted octanol–water partition coefficient (Wildman–Crippen LogP) is 6.73. The van der Waals surface area contributed by atoms with Crippen molar-refractivity contribution >= 4 is 5.78 Å². The molecule has 0 spiro atoms. The standard InChI is InChI=1S/C25H38O3/c1-9-17-13-20(11-3)27-22(17)24(5,6)15-19(26)16-25(7,8)23-18(10-2)14-21(12-4)28-23/h13-14H,9-12,15-16H2,1-8H3. The van der Waals surface area contributed by atoms with Crippen LogP contribution in [-0.4, -0.2) is 5.78 Å². The van der Waals surface area contributed by atoms with Crippen LogP contribution >= 0.6 is 0 Å². The van der Waals surface area contributed by atoms with Crippen LogP contribution in [0.4, 0.5) is 0 Å². The van der Waals surface area contributed by atoms with Crippen LogP contribution in [0.15, 0.2) is 21.0 Å². The van der Waals surface area contributed by atoms with Crippen LogP contribution in [0.2, 0.25) is 0 Å². The van der Waals surface area contributed by atoms with Crippen molar-refractivity contribution in [3.05, 3.63) is 46.3 Å². The number of furan rings is 2. The van der Waals surface area contributed by atoms with Crippen molar-refractivity contribution in [1.82, 2.24) is 0 Å². The van der Waals surface area contributed by atoms with Gasteiger partial charge in [-0.3, -0.25) is 4.79 Å². The van der Waals surface area contributed by atoms with Gasteiger partial charge in [0, 0.05) is 36.5 Å². The zero-order chi connectivity index (χ0) is 21.1. The molecule has 0 N–H and O–H groups in total. The van der Waals surface area contributed by atoms with E-state index in [0.717, 1.165) is 48.7 Å². The topological polar surface area (TPSA) is 43.4 Å². The van der Waals surface area contributed by atoms with Crippen LogP contribution in [0.25, 0.3) is 0 Å². The molecule has 2 aromatic heterocycles. The number of hydrogen-bond acceptors (Lipinski definition) is 3. The highest BCUT2D eigenvalue weighted by Gasteiger charge is 2.35. The minimum absolute atomic E-state index is 0.253. The van der Waals surface area contributed by atoms with Gasteiger partial charge >= 0.3 is 0 Å². The Labute approximate surface area is 170 Å². The van der Waals surface area contributed by atoms with Crippen LogP contribution < -0.4 is 0 Å². The largest absolute Gasteiger partial charge is 0.465 e. The Morgan fingerprint density at radius 1 is 0.714 bits per heavy atom. The fraction of sp³-hybridized carbons (Fsp3) is 0.640. The second-order valence-corrected chi connectivity index (χ2v) is 9.21. The van der Waals surface area contributed by atoms with E-state index in [1.54, 1.807) is 0 Å². The van der Waals surface area contributed by atoms with E-state index in [1.165, 1.54) is 11.1 Å². The second-order valence-electron chi connectivity index (χ2n) is 9.21. The molecule has 2 heterocycles. The predicted molar refractivity (Wildman–Crippen MR) is 115 cm³/mol. The number of carbonyl (C=O) groups excluding carboxylic acids is 1. The molecule has 0 saturated heterocycles. The van der Waals surface area contributed by atoms with Gasteiger partial charge in [0.05, 0.1) is 0 Å². The summed E-state index contributed by atoms with van der Waals surface area (Å²) >= 11 is 0. The summed E-state index contributed by atoms with van der Waals surface area (Å²) in [5.41, 5.74) is 1.83. The maximum absolute atomic E-state index is 13.1. The van der Waals surface area contributed by atoms with E-state index in [9.17, 15) is 4.79 Å². The van der Waals surface area contributed by atoms with Crippen LogP contribution in [0, 0.1) is 0 Å². The van der Waals surface area contributed by atoms with E-state index < -0.39 is 0 Å². The highest BCUT2D eigenvalue weighted by atomic mass is 16.3. The molecule has 0 fully saturated rings. The normalized spacial score (nSPS) is 12.6. The lowest BCUT2D eigenvalue weighted by atomic mass is 9.77. The highest BCUT2D eigenvalue weighted by Crippen LogP contribution is 2.37. The Bertz CT molecular complexity index is 736. The average molecular weight is 387 g/mol. The molecule has 2 rings (SSSR count). The molecule has 0 aliphatic carbocycles. The Morgan fingerprint density at radius 3 is 1.36 bits per heavy atom. The Hall–Kier alpha value is -1.77. The van der Waals surface area contributed by atoms with Crippen molar-refractivity contribution in [3.63, 3.8) is 0 Å². The second kappa shape index (κ2) is 8.71. The molecule has 0 radical (unpaired) electrons. The van der Waals surface area contributed by atoms with Crippen molar-refractivity contribution in [1.29, 1.82) is 0 Å². The van der Waals surface area contributed by atoms with Gasteiger partial charge in [0.2, 0.25) is 0 Å². The molecule has 2 aromatic rings. The monoisotopic (exact) mass is 386 g/mol. The lowest BCUT2D eigenvalue weighted by Gasteiger charge is -2.27. The number of carbonyl (C=O) groups is 1. The number of rotatable bonds is 10. The van der Waals surface area contributed by atoms with Gasteiger partial charge < -0.3 is 8.83 Å². The average Bonchev–Trinajstić information content (AvgIpc) is 3.24. The summed E-state index contributed by atoms with van der Waals surface area (Å²) in [6, 6.07) is 4.29. The van der Waals surface area contributed by atoms with E-state index in [-0.39, 0.29) is 16.6 Å². The molecule has 0 unspecified atom stereocenters. The zero-order valence-corrected chi connectivity index (χ0v) is 19.1. The van der Waals surface area contributed by atoms with Gasteiger partial charge in [-0.1, -0.05) is 55.4 Å². The molecule has 156 valence electrons. The van der Waals surface area contributed by atoms with Crippen LogP contribution in [0.3, 0.4) is 0 Å². The summed E-state index contributed by atoms with van der Waals surface area (Å²) in [5.74, 6) is 4.20. The van der Waals surface area contributed by atoms with Gasteiger partial charge in [0.15, 0.2) is 0 Å². The lowest BCUT2D eigenvalue weighted by Crippen LogP contribution is -2.28. The summed E-state index contributed by atoms with van der Waals surface area (Å²) in [5, 5.41) is 0. The molecule has 0 aliphatic heterocycles. The summed E-state index contributed by atoms with van der Waals surface area (Å²) in [4.78, 5) is 13.1. The van der Waals surface area contributed by atoms with Crippen molar-refractivity contribution in [2.75, 3.05) is 0 Å². The fourth-order valence-corrected chi connectivity index (χ4v) is 4.20. The third kappa shape index (κ3) is 4.79. The van der Waals surface area contributed by atoms with Gasteiger partial charge in [-0.05, 0) is 36.1 Å². The molecular formula is C25H38O3. The number of aryl methyl sites for hydroxylation is 4. The molecular weight excluding hydrogens is 348 g/mol. The van der Waals surface area contributed by atoms with Crippen LogP contribution in [-0.2, 0) is 41.3 Å². The van der Waals surface area contributed by atoms with E-state index >= 15 is 0 Å². The summed E-state index contributed by atoms with van der Waals surface area (Å²) in [6.07, 6.45) is 4.55. The Balaban J connectivity index is 2.20. The summed E-state index contributed by atoms with van der Waals surface area (Å²) in [6.45, 7) is 17.0. The molecule has 0 atom stereocenters. The first-order valence-corrected chi connectivity index (χ1v) is 10.8. The van der Waals surface area contributed by atoms with Crippen molar-refractivity contribution < 1.29 is 13.6 Å². The smallest absolute Gasteiger partial charge is 0.134 e. The van der Waals surface area contributed by atoms with Gasteiger partial charge in [0.1, 0.15) is 28.8 Å². The maximum Gasteiger partial charge on any atom is 0.134 e. The van der Waals surface area contributed by atoms with E-state index in [4.69, 9.17) is 8.83 Å². The number of hydrogen-bond donors (Lipinski definition) is 0. The third-order valence-corrected chi connectivity index (χ3v) is 5.69. The van der Waals surface area contributed by atoms with Crippen LogP contribution in [0.5, 0.6) is 0 Å². The Morgan fingerprint density at radius 2 is 1.07 bits per heavy atom. The molecule has 0 saturated carbocycles. The van der Waals surface area contributed by atoms with Crippen molar-refractivity contribution in [2.24, 2.45) is 0 Å². The third-order valence-electron chi connectivity index (χ3n) is 5.69. The lowest BCUT2D eigenvalue weighted by molar-refractivity contribution is -0.121. The quantitative estimate of drug-likeness (QED) is 0.455. The SMILES string of the molecule is CCc1cc(CC)c(C(C)(C)CC(=O)CC(C)(C)c2oc(CC)cc2CC)o1. The van der Waals surface area contributed by atoms with E-state index in [2.05, 4.69) is 67.5 Å². The highest BCUT2D eigenvalue weighted by molar-refractivity contribution is 5.81. The summed E-state index contributed by atoms with van der Waals surface area (Å²) in [7, 11) is 0.